The van der Waals surface area contributed by atoms with E-state index in [9.17, 15) is 0 Å². The van der Waals surface area contributed by atoms with E-state index < -0.39 is 0 Å². The monoisotopic (exact) mass is 313 g/mol. The first-order valence-corrected chi connectivity index (χ1v) is 7.70. The lowest BCUT2D eigenvalue weighted by Crippen LogP contribution is -2.01. The minimum Gasteiger partial charge on any atom is -0.440 e. The fourth-order valence-electron chi connectivity index (χ4n) is 1.94. The van der Waals surface area contributed by atoms with Gasteiger partial charge in [-0.2, -0.15) is 0 Å². The minimum absolute atomic E-state index is 0.00651. The van der Waals surface area contributed by atoms with Gasteiger partial charge in [0.1, 0.15) is 0 Å². The van der Waals surface area contributed by atoms with Crippen molar-refractivity contribution in [3.05, 3.63) is 55.1 Å². The fourth-order valence-corrected chi connectivity index (χ4v) is 2.78. The maximum absolute atomic E-state index is 5.85. The van der Waals surface area contributed by atoms with Crippen LogP contribution in [0.1, 0.15) is 18.1 Å². The summed E-state index contributed by atoms with van der Waals surface area (Å²) in [5.41, 5.74) is 1.01. The molecule has 1 atom stereocenters. The highest BCUT2D eigenvalue weighted by molar-refractivity contribution is 7.99. The van der Waals surface area contributed by atoms with Gasteiger partial charge < -0.3 is 4.42 Å². The average Bonchev–Trinajstić information content (AvgIpc) is 3.19. The molecule has 22 heavy (non-hydrogen) atoms. The number of oxazole rings is 1. The smallest absolute Gasteiger partial charge is 0.210 e. The molecule has 0 bridgehead atoms. The molecule has 1 aromatic carbocycles. The van der Waals surface area contributed by atoms with E-state index in [1.165, 1.54) is 11.8 Å². The largest absolute Gasteiger partial charge is 0.440 e. The van der Waals surface area contributed by atoms with Crippen molar-refractivity contribution in [1.29, 1.82) is 0 Å². The number of thioether (sulfide) groups is 1. The van der Waals surface area contributed by atoms with Gasteiger partial charge in [0.05, 0.1) is 18.0 Å². The molecule has 0 amide bonds. The summed E-state index contributed by atoms with van der Waals surface area (Å²) in [6.45, 7) is 6.28. The molecule has 0 aliphatic carbocycles. The van der Waals surface area contributed by atoms with Crippen LogP contribution in [0, 0.1) is 0 Å². The Bertz CT molecular complexity index is 752. The molecule has 0 aliphatic rings. The van der Waals surface area contributed by atoms with E-state index in [0.29, 0.717) is 17.6 Å². The van der Waals surface area contributed by atoms with Gasteiger partial charge in [-0.1, -0.05) is 48.2 Å². The summed E-state index contributed by atoms with van der Waals surface area (Å²) in [6.07, 6.45) is 3.50. The molecule has 0 spiro atoms. The third-order valence-corrected chi connectivity index (χ3v) is 4.07. The minimum atomic E-state index is 0.00651. The van der Waals surface area contributed by atoms with Crippen molar-refractivity contribution >= 4 is 11.8 Å². The van der Waals surface area contributed by atoms with Gasteiger partial charge in [0.15, 0.2) is 5.76 Å². The Kier molecular flexibility index (Phi) is 4.34. The van der Waals surface area contributed by atoms with E-state index in [2.05, 4.69) is 27.1 Å². The van der Waals surface area contributed by atoms with Crippen molar-refractivity contribution in [2.45, 2.75) is 23.9 Å². The van der Waals surface area contributed by atoms with Crippen molar-refractivity contribution in [3.63, 3.8) is 0 Å². The highest BCUT2D eigenvalue weighted by Crippen LogP contribution is 2.34. The van der Waals surface area contributed by atoms with E-state index in [0.717, 1.165) is 11.3 Å². The molecule has 2 aromatic heterocycles. The van der Waals surface area contributed by atoms with Crippen LogP contribution in [-0.2, 0) is 6.54 Å². The van der Waals surface area contributed by atoms with Crippen LogP contribution in [0.25, 0.3) is 11.3 Å². The molecule has 0 unspecified atom stereocenters. The number of hydrogen-bond donors (Lipinski definition) is 0. The van der Waals surface area contributed by atoms with E-state index in [-0.39, 0.29) is 5.25 Å². The van der Waals surface area contributed by atoms with Crippen molar-refractivity contribution < 1.29 is 4.42 Å². The fraction of sp³-hybridized carbons (Fsp3) is 0.200. The quantitative estimate of drug-likeness (QED) is 0.513. The number of tetrazole rings is 1. The van der Waals surface area contributed by atoms with E-state index in [1.54, 1.807) is 17.0 Å². The van der Waals surface area contributed by atoms with Crippen LogP contribution in [0.4, 0.5) is 0 Å². The zero-order valence-corrected chi connectivity index (χ0v) is 12.9. The van der Waals surface area contributed by atoms with Gasteiger partial charge in [-0.25, -0.2) is 9.67 Å². The molecule has 112 valence electrons. The molecule has 3 rings (SSSR count). The van der Waals surface area contributed by atoms with Gasteiger partial charge in [0.2, 0.25) is 11.0 Å². The van der Waals surface area contributed by atoms with Crippen molar-refractivity contribution in [2.24, 2.45) is 0 Å². The molecule has 0 saturated carbocycles. The average molecular weight is 313 g/mol. The van der Waals surface area contributed by atoms with Gasteiger partial charge in [-0.15, -0.1) is 11.7 Å². The molecular formula is C15H15N5OS. The zero-order valence-electron chi connectivity index (χ0n) is 12.1. The second-order valence-electron chi connectivity index (χ2n) is 4.62. The highest BCUT2D eigenvalue weighted by atomic mass is 32.2. The van der Waals surface area contributed by atoms with Gasteiger partial charge >= 0.3 is 0 Å². The van der Waals surface area contributed by atoms with Crippen LogP contribution < -0.4 is 0 Å². The molecule has 0 N–H and O–H groups in total. The van der Waals surface area contributed by atoms with Crippen LogP contribution >= 0.6 is 11.8 Å². The lowest BCUT2D eigenvalue weighted by atomic mass is 10.2. The molecular weight excluding hydrogens is 298 g/mol. The van der Waals surface area contributed by atoms with E-state index in [4.69, 9.17) is 4.42 Å². The maximum Gasteiger partial charge on any atom is 0.210 e. The number of hydrogen-bond acceptors (Lipinski definition) is 6. The summed E-state index contributed by atoms with van der Waals surface area (Å²) < 4.78 is 7.54. The first-order valence-electron chi connectivity index (χ1n) is 6.83. The number of aromatic nitrogens is 5. The molecule has 0 radical (unpaired) electrons. The molecule has 2 heterocycles. The number of rotatable bonds is 6. The molecule has 0 fully saturated rings. The van der Waals surface area contributed by atoms with Crippen molar-refractivity contribution in [1.82, 2.24) is 25.2 Å². The second kappa shape index (κ2) is 6.57. The van der Waals surface area contributed by atoms with E-state index in [1.807, 2.05) is 37.3 Å². The Hall–Kier alpha value is -2.41. The van der Waals surface area contributed by atoms with Crippen LogP contribution in [0.2, 0.25) is 0 Å². The third-order valence-electron chi connectivity index (χ3n) is 3.01. The predicted molar refractivity (Wildman–Crippen MR) is 84.2 cm³/mol. The standard InChI is InChI=1S/C15H15N5OS/c1-3-9-20-15(17-18-19-20)22-11(2)14-16-10-13(21-14)12-7-5-4-6-8-12/h3-8,10-11H,1,9H2,2H3/t11-/m1/s1. The maximum atomic E-state index is 5.85. The van der Waals surface area contributed by atoms with Crippen LogP contribution in [0.15, 0.2) is 58.8 Å². The van der Waals surface area contributed by atoms with Gasteiger partial charge in [-0.05, 0) is 17.4 Å². The number of benzene rings is 1. The lowest BCUT2D eigenvalue weighted by molar-refractivity contribution is 0.509. The first kappa shape index (κ1) is 14.5. The van der Waals surface area contributed by atoms with Crippen LogP contribution in [-0.4, -0.2) is 25.2 Å². The summed E-state index contributed by atoms with van der Waals surface area (Å²) in [4.78, 5) is 4.36. The molecule has 3 aromatic rings. The predicted octanol–water partition coefficient (Wildman–Crippen LogP) is 3.37. The Morgan fingerprint density at radius 1 is 1.36 bits per heavy atom. The summed E-state index contributed by atoms with van der Waals surface area (Å²) in [6, 6.07) is 9.90. The SMILES string of the molecule is C=CCn1nnnc1S[C@H](C)c1ncc(-c2ccccc2)o1. The van der Waals surface area contributed by atoms with E-state index >= 15 is 0 Å². The normalized spacial score (nSPS) is 12.2. The molecule has 0 saturated heterocycles. The topological polar surface area (TPSA) is 69.6 Å². The second-order valence-corrected chi connectivity index (χ2v) is 5.93. The first-order chi connectivity index (χ1) is 10.8. The lowest BCUT2D eigenvalue weighted by Gasteiger charge is -2.06. The van der Waals surface area contributed by atoms with Crippen molar-refractivity contribution in [3.8, 4) is 11.3 Å². The molecule has 7 heteroatoms. The Morgan fingerprint density at radius 3 is 2.95 bits per heavy atom. The van der Waals surface area contributed by atoms with Gasteiger partial charge in [0.25, 0.3) is 0 Å². The summed E-state index contributed by atoms with van der Waals surface area (Å²) >= 11 is 1.50. The van der Waals surface area contributed by atoms with Crippen LogP contribution in [0.3, 0.4) is 0 Å². The van der Waals surface area contributed by atoms with Gasteiger partial charge in [0, 0.05) is 5.56 Å². The molecule has 6 nitrogen and oxygen atoms in total. The van der Waals surface area contributed by atoms with Crippen LogP contribution in [0.5, 0.6) is 0 Å². The Morgan fingerprint density at radius 2 is 2.18 bits per heavy atom. The number of nitrogens with zero attached hydrogens (tertiary/aromatic N) is 5. The summed E-state index contributed by atoms with van der Waals surface area (Å²) in [7, 11) is 0. The highest BCUT2D eigenvalue weighted by Gasteiger charge is 2.18. The van der Waals surface area contributed by atoms with Gasteiger partial charge in [-0.3, -0.25) is 0 Å². The Labute approximate surface area is 132 Å². The van der Waals surface area contributed by atoms with Crippen molar-refractivity contribution in [2.75, 3.05) is 0 Å². The zero-order chi connectivity index (χ0) is 15.4. The molecule has 0 aliphatic heterocycles. The summed E-state index contributed by atoms with van der Waals surface area (Å²) in [5, 5.41) is 12.3. The Balaban J connectivity index is 1.75. The number of allylic oxidation sites excluding steroid dienone is 1. The summed E-state index contributed by atoms with van der Waals surface area (Å²) in [5.74, 6) is 1.41. The third kappa shape index (κ3) is 3.09.